The third-order valence-corrected chi connectivity index (χ3v) is 4.26. The Morgan fingerprint density at radius 1 is 1.27 bits per heavy atom. The van der Waals surface area contributed by atoms with Crippen LogP contribution >= 0.6 is 23.8 Å². The number of halogens is 1. The summed E-state index contributed by atoms with van der Waals surface area (Å²) in [4.78, 5) is 13.6. The fourth-order valence-corrected chi connectivity index (χ4v) is 2.79. The topological polar surface area (TPSA) is 44.4 Å². The molecule has 0 aliphatic carbocycles. The van der Waals surface area contributed by atoms with Crippen LogP contribution in [0.4, 0.5) is 17.1 Å². The van der Waals surface area contributed by atoms with E-state index in [1.165, 1.54) is 0 Å². The molecule has 112 valence electrons. The molecule has 1 amide bonds. The summed E-state index contributed by atoms with van der Waals surface area (Å²) in [5.41, 5.74) is 3.38. The molecule has 0 bridgehead atoms. The summed E-state index contributed by atoms with van der Waals surface area (Å²) in [6.45, 7) is 2.10. The van der Waals surface area contributed by atoms with Gasteiger partial charge in [-0.1, -0.05) is 29.8 Å². The first kappa shape index (κ1) is 14.8. The van der Waals surface area contributed by atoms with Crippen LogP contribution in [0.25, 0.3) is 0 Å². The molecule has 2 aromatic rings. The highest BCUT2D eigenvalue weighted by atomic mass is 35.5. The van der Waals surface area contributed by atoms with E-state index in [0.717, 1.165) is 22.6 Å². The van der Waals surface area contributed by atoms with Gasteiger partial charge in [-0.25, -0.2) is 0 Å². The first-order valence-electron chi connectivity index (χ1n) is 6.79. The Balaban J connectivity index is 1.89. The van der Waals surface area contributed by atoms with Gasteiger partial charge >= 0.3 is 0 Å². The van der Waals surface area contributed by atoms with Crippen molar-refractivity contribution in [1.29, 1.82) is 0 Å². The van der Waals surface area contributed by atoms with Gasteiger partial charge in [-0.2, -0.15) is 0 Å². The molecule has 0 radical (unpaired) electrons. The number of nitrogens with zero attached hydrogens (tertiary/aromatic N) is 1. The molecule has 2 aromatic carbocycles. The number of fused-ring (bicyclic) bond motifs is 1. The standard InChI is InChI=1S/C16H14ClN3OS/c1-10-11(17)5-4-7-12(10)19-16(22)20-9-15(21)18-13-6-2-3-8-14(13)20/h2-8H,9H2,1H3,(H,18,21)(H,19,22). The van der Waals surface area contributed by atoms with E-state index in [2.05, 4.69) is 10.6 Å². The normalized spacial score (nSPS) is 13.4. The van der Waals surface area contributed by atoms with Crippen LogP contribution in [0.5, 0.6) is 0 Å². The van der Waals surface area contributed by atoms with E-state index in [-0.39, 0.29) is 12.5 Å². The highest BCUT2D eigenvalue weighted by Crippen LogP contribution is 2.30. The largest absolute Gasteiger partial charge is 0.332 e. The van der Waals surface area contributed by atoms with Gasteiger partial charge in [-0.15, -0.1) is 0 Å². The van der Waals surface area contributed by atoms with Gasteiger partial charge in [0, 0.05) is 10.7 Å². The molecule has 0 aromatic heterocycles. The average Bonchev–Trinajstić information content (AvgIpc) is 2.51. The number of benzene rings is 2. The Morgan fingerprint density at radius 2 is 2.05 bits per heavy atom. The lowest BCUT2D eigenvalue weighted by Gasteiger charge is -2.31. The van der Waals surface area contributed by atoms with E-state index in [0.29, 0.717) is 10.1 Å². The minimum absolute atomic E-state index is 0.0920. The minimum atomic E-state index is -0.0920. The molecule has 0 saturated heterocycles. The summed E-state index contributed by atoms with van der Waals surface area (Å²) >= 11 is 11.6. The van der Waals surface area contributed by atoms with Crippen LogP contribution in [-0.4, -0.2) is 17.6 Å². The summed E-state index contributed by atoms with van der Waals surface area (Å²) < 4.78 is 0. The molecule has 0 atom stereocenters. The molecule has 2 N–H and O–H groups in total. The number of nitrogens with one attached hydrogen (secondary N) is 2. The number of thiocarbonyl (C=S) groups is 1. The third kappa shape index (κ3) is 2.77. The SMILES string of the molecule is Cc1c(Cl)cccc1NC(=S)N1CC(=O)Nc2ccccc21. The highest BCUT2D eigenvalue weighted by molar-refractivity contribution is 7.80. The van der Waals surface area contributed by atoms with E-state index >= 15 is 0 Å². The maximum absolute atomic E-state index is 11.9. The molecular weight excluding hydrogens is 318 g/mol. The van der Waals surface area contributed by atoms with Crippen LogP contribution in [-0.2, 0) is 4.79 Å². The zero-order valence-electron chi connectivity index (χ0n) is 11.9. The third-order valence-electron chi connectivity index (χ3n) is 3.53. The van der Waals surface area contributed by atoms with E-state index in [4.69, 9.17) is 23.8 Å². The Bertz CT molecular complexity index is 763. The highest BCUT2D eigenvalue weighted by Gasteiger charge is 2.24. The number of amides is 1. The Kier molecular flexibility index (Phi) is 4.00. The van der Waals surface area contributed by atoms with Crippen molar-refractivity contribution in [1.82, 2.24) is 0 Å². The molecule has 1 heterocycles. The van der Waals surface area contributed by atoms with Gasteiger partial charge in [0.25, 0.3) is 0 Å². The number of carbonyl (C=O) groups excluding carboxylic acids is 1. The van der Waals surface area contributed by atoms with Crippen molar-refractivity contribution in [3.05, 3.63) is 53.1 Å². The van der Waals surface area contributed by atoms with Crippen LogP contribution < -0.4 is 15.5 Å². The Hall–Kier alpha value is -2.11. The second-order valence-electron chi connectivity index (χ2n) is 4.99. The van der Waals surface area contributed by atoms with E-state index < -0.39 is 0 Å². The molecule has 1 aliphatic heterocycles. The number of para-hydroxylation sites is 2. The first-order chi connectivity index (χ1) is 10.6. The number of anilines is 3. The summed E-state index contributed by atoms with van der Waals surface area (Å²) in [5, 5.41) is 7.15. The van der Waals surface area contributed by atoms with Gasteiger partial charge in [-0.05, 0) is 49.0 Å². The summed E-state index contributed by atoms with van der Waals surface area (Å²) in [7, 11) is 0. The maximum Gasteiger partial charge on any atom is 0.244 e. The first-order valence-corrected chi connectivity index (χ1v) is 7.57. The van der Waals surface area contributed by atoms with Crippen molar-refractivity contribution < 1.29 is 4.79 Å². The Labute approximate surface area is 139 Å². The molecule has 0 saturated carbocycles. The lowest BCUT2D eigenvalue weighted by atomic mass is 10.2. The predicted octanol–water partition coefficient (Wildman–Crippen LogP) is 3.80. The number of hydrogen-bond acceptors (Lipinski definition) is 2. The van der Waals surface area contributed by atoms with Gasteiger partial charge in [0.2, 0.25) is 5.91 Å². The fraction of sp³-hybridized carbons (Fsp3) is 0.125. The minimum Gasteiger partial charge on any atom is -0.332 e. The van der Waals surface area contributed by atoms with E-state index in [1.54, 1.807) is 4.90 Å². The summed E-state index contributed by atoms with van der Waals surface area (Å²) in [6, 6.07) is 13.2. The van der Waals surface area contributed by atoms with Gasteiger partial charge in [0.15, 0.2) is 5.11 Å². The zero-order valence-corrected chi connectivity index (χ0v) is 13.5. The van der Waals surface area contributed by atoms with Crippen molar-refractivity contribution in [2.24, 2.45) is 0 Å². The lowest BCUT2D eigenvalue weighted by Crippen LogP contribution is -2.44. The molecule has 1 aliphatic rings. The molecule has 4 nitrogen and oxygen atoms in total. The van der Waals surface area contributed by atoms with Crippen molar-refractivity contribution in [3.63, 3.8) is 0 Å². The van der Waals surface area contributed by atoms with Crippen LogP contribution in [0.2, 0.25) is 5.02 Å². The van der Waals surface area contributed by atoms with Crippen LogP contribution in [0.1, 0.15) is 5.56 Å². The van der Waals surface area contributed by atoms with Crippen LogP contribution in [0.15, 0.2) is 42.5 Å². The number of carbonyl (C=O) groups is 1. The maximum atomic E-state index is 11.9. The molecule has 0 unspecified atom stereocenters. The monoisotopic (exact) mass is 331 g/mol. The molecular formula is C16H14ClN3OS. The van der Waals surface area contributed by atoms with Gasteiger partial charge < -0.3 is 15.5 Å². The van der Waals surface area contributed by atoms with Gasteiger partial charge in [0.05, 0.1) is 11.4 Å². The number of hydrogen-bond donors (Lipinski definition) is 2. The van der Waals surface area contributed by atoms with Crippen molar-refractivity contribution in [2.45, 2.75) is 6.92 Å². The van der Waals surface area contributed by atoms with Gasteiger partial charge in [0.1, 0.15) is 6.54 Å². The molecule has 6 heteroatoms. The molecule has 0 spiro atoms. The van der Waals surface area contributed by atoms with Crippen LogP contribution in [0, 0.1) is 6.92 Å². The second-order valence-corrected chi connectivity index (χ2v) is 5.79. The average molecular weight is 332 g/mol. The number of rotatable bonds is 1. The van der Waals surface area contributed by atoms with Crippen LogP contribution in [0.3, 0.4) is 0 Å². The lowest BCUT2D eigenvalue weighted by molar-refractivity contribution is -0.115. The summed E-state index contributed by atoms with van der Waals surface area (Å²) in [6.07, 6.45) is 0. The molecule has 0 fully saturated rings. The fourth-order valence-electron chi connectivity index (χ4n) is 2.34. The quantitative estimate of drug-likeness (QED) is 0.780. The zero-order chi connectivity index (χ0) is 15.7. The smallest absolute Gasteiger partial charge is 0.244 e. The summed E-state index contributed by atoms with van der Waals surface area (Å²) in [5.74, 6) is -0.0920. The van der Waals surface area contributed by atoms with Crippen molar-refractivity contribution in [2.75, 3.05) is 22.1 Å². The second kappa shape index (κ2) is 5.94. The van der Waals surface area contributed by atoms with Crippen molar-refractivity contribution in [3.8, 4) is 0 Å². The van der Waals surface area contributed by atoms with E-state index in [1.807, 2.05) is 49.4 Å². The molecule has 3 rings (SSSR count). The van der Waals surface area contributed by atoms with Crippen molar-refractivity contribution >= 4 is 51.9 Å². The predicted molar refractivity (Wildman–Crippen MR) is 94.8 cm³/mol. The van der Waals surface area contributed by atoms with E-state index in [9.17, 15) is 4.79 Å². The van der Waals surface area contributed by atoms with Gasteiger partial charge in [-0.3, -0.25) is 4.79 Å². The molecule has 22 heavy (non-hydrogen) atoms. The Morgan fingerprint density at radius 3 is 2.86 bits per heavy atom.